The van der Waals surface area contributed by atoms with E-state index in [4.69, 9.17) is 9.15 Å². The number of carbonyl (C=O) groups excluding carboxylic acids is 1. The van der Waals surface area contributed by atoms with Crippen molar-refractivity contribution >= 4 is 16.9 Å². The van der Waals surface area contributed by atoms with Crippen molar-refractivity contribution < 1.29 is 13.9 Å². The number of fused-ring (bicyclic) bond motifs is 1. The van der Waals surface area contributed by atoms with E-state index >= 15 is 0 Å². The summed E-state index contributed by atoms with van der Waals surface area (Å²) in [7, 11) is 0. The summed E-state index contributed by atoms with van der Waals surface area (Å²) in [5.41, 5.74) is 3.11. The number of aryl methyl sites for hydroxylation is 1. The lowest BCUT2D eigenvalue weighted by Crippen LogP contribution is -2.16. The molecule has 0 saturated heterocycles. The third kappa shape index (κ3) is 4.12. The molecule has 0 aliphatic heterocycles. The van der Waals surface area contributed by atoms with Gasteiger partial charge in [0.25, 0.3) is 0 Å². The van der Waals surface area contributed by atoms with Gasteiger partial charge in [0.05, 0.1) is 10.9 Å². The van der Waals surface area contributed by atoms with E-state index in [1.807, 2.05) is 37.3 Å². The number of nitrogens with zero attached hydrogens (tertiary/aromatic N) is 1. The third-order valence-corrected chi connectivity index (χ3v) is 5.13. The summed E-state index contributed by atoms with van der Waals surface area (Å²) in [5, 5.41) is 0.359. The summed E-state index contributed by atoms with van der Waals surface area (Å²) >= 11 is 0. The topological polar surface area (TPSA) is 69.4 Å². The molecule has 4 aromatic rings. The standard InChI is InChI=1S/C26H23NO4/c1-16-5-10-20-21(15-16)30-23(17-6-8-19(9-7-17)26(2,3)4)24(22(20)28)31-25(29)18-11-13-27-14-12-18/h5-15H,1-4H3. The Morgan fingerprint density at radius 2 is 1.65 bits per heavy atom. The number of hydrogen-bond donors (Lipinski definition) is 0. The lowest BCUT2D eigenvalue weighted by molar-refractivity contribution is 0.0731. The first-order valence-corrected chi connectivity index (χ1v) is 10.0. The van der Waals surface area contributed by atoms with E-state index in [9.17, 15) is 9.59 Å². The number of carbonyl (C=O) groups is 1. The van der Waals surface area contributed by atoms with Crippen LogP contribution in [-0.4, -0.2) is 11.0 Å². The highest BCUT2D eigenvalue weighted by atomic mass is 16.5. The molecule has 0 atom stereocenters. The second kappa shape index (κ2) is 7.84. The Kier molecular flexibility index (Phi) is 5.19. The van der Waals surface area contributed by atoms with Crippen LogP contribution >= 0.6 is 0 Å². The molecule has 0 spiro atoms. The minimum atomic E-state index is -0.645. The highest BCUT2D eigenvalue weighted by Crippen LogP contribution is 2.33. The zero-order valence-electron chi connectivity index (χ0n) is 17.9. The van der Waals surface area contributed by atoms with Crippen molar-refractivity contribution in [3.8, 4) is 17.1 Å². The van der Waals surface area contributed by atoms with Gasteiger partial charge >= 0.3 is 5.97 Å². The van der Waals surface area contributed by atoms with Crippen LogP contribution in [0.4, 0.5) is 0 Å². The first kappa shape index (κ1) is 20.5. The Balaban J connectivity index is 1.89. The Labute approximate surface area is 180 Å². The average Bonchev–Trinajstić information content (AvgIpc) is 2.75. The Hall–Kier alpha value is -3.73. The molecular formula is C26H23NO4. The summed E-state index contributed by atoms with van der Waals surface area (Å²) in [6, 6.07) is 16.1. The van der Waals surface area contributed by atoms with Crippen molar-refractivity contribution in [3.63, 3.8) is 0 Å². The van der Waals surface area contributed by atoms with Crippen molar-refractivity contribution in [2.24, 2.45) is 0 Å². The number of benzene rings is 2. The molecule has 0 aliphatic carbocycles. The minimum absolute atomic E-state index is 0.0174. The largest absolute Gasteiger partial charge is 0.452 e. The van der Waals surface area contributed by atoms with Gasteiger partial charge in [0.2, 0.25) is 11.2 Å². The Bertz CT molecular complexity index is 1310. The number of esters is 1. The molecule has 0 radical (unpaired) electrons. The summed E-state index contributed by atoms with van der Waals surface area (Å²) in [4.78, 5) is 29.9. The van der Waals surface area contributed by atoms with Crippen molar-refractivity contribution in [1.29, 1.82) is 0 Å². The van der Waals surface area contributed by atoms with Crippen molar-refractivity contribution in [3.05, 3.63) is 93.9 Å². The summed E-state index contributed by atoms with van der Waals surface area (Å²) in [6.07, 6.45) is 2.99. The van der Waals surface area contributed by atoms with Crippen molar-refractivity contribution in [2.45, 2.75) is 33.1 Å². The zero-order valence-corrected chi connectivity index (χ0v) is 17.9. The Morgan fingerprint density at radius 3 is 2.29 bits per heavy atom. The lowest BCUT2D eigenvalue weighted by atomic mass is 9.86. The van der Waals surface area contributed by atoms with Crippen molar-refractivity contribution in [1.82, 2.24) is 4.98 Å². The van der Waals surface area contributed by atoms with Crippen LogP contribution in [0.5, 0.6) is 5.75 Å². The maximum atomic E-state index is 13.3. The van der Waals surface area contributed by atoms with E-state index < -0.39 is 11.4 Å². The molecule has 0 saturated carbocycles. The molecule has 0 unspecified atom stereocenters. The van der Waals surface area contributed by atoms with Gasteiger partial charge in [-0.05, 0) is 47.7 Å². The molecular weight excluding hydrogens is 390 g/mol. The Morgan fingerprint density at radius 1 is 0.968 bits per heavy atom. The number of hydrogen-bond acceptors (Lipinski definition) is 5. The van der Waals surface area contributed by atoms with Gasteiger partial charge in [-0.15, -0.1) is 0 Å². The normalized spacial score (nSPS) is 11.5. The molecule has 2 heterocycles. The van der Waals surface area contributed by atoms with Crippen LogP contribution in [-0.2, 0) is 5.41 Å². The molecule has 5 heteroatoms. The lowest BCUT2D eigenvalue weighted by Gasteiger charge is -2.19. The number of pyridine rings is 1. The first-order valence-electron chi connectivity index (χ1n) is 10.0. The van der Waals surface area contributed by atoms with E-state index in [0.29, 0.717) is 22.1 Å². The third-order valence-electron chi connectivity index (χ3n) is 5.13. The smallest absolute Gasteiger partial charge is 0.343 e. The van der Waals surface area contributed by atoms with Crippen LogP contribution in [0.1, 0.15) is 42.3 Å². The van der Waals surface area contributed by atoms with Crippen LogP contribution in [0.15, 0.2) is 76.2 Å². The molecule has 31 heavy (non-hydrogen) atoms. The molecule has 5 nitrogen and oxygen atoms in total. The van der Waals surface area contributed by atoms with Gasteiger partial charge in [-0.1, -0.05) is 51.1 Å². The van der Waals surface area contributed by atoms with Gasteiger partial charge in [0, 0.05) is 18.0 Å². The van der Waals surface area contributed by atoms with Crippen molar-refractivity contribution in [2.75, 3.05) is 0 Å². The van der Waals surface area contributed by atoms with Gasteiger partial charge in [0.1, 0.15) is 5.58 Å². The molecule has 2 aromatic heterocycles. The zero-order chi connectivity index (χ0) is 22.2. The summed E-state index contributed by atoms with van der Waals surface area (Å²) < 4.78 is 11.7. The number of rotatable bonds is 3. The van der Waals surface area contributed by atoms with Crippen LogP contribution in [0, 0.1) is 6.92 Å². The van der Waals surface area contributed by atoms with Crippen LogP contribution in [0.2, 0.25) is 0 Å². The fourth-order valence-electron chi connectivity index (χ4n) is 3.33. The van der Waals surface area contributed by atoms with Gasteiger partial charge in [-0.2, -0.15) is 0 Å². The quantitative estimate of drug-likeness (QED) is 0.404. The molecule has 0 aliphatic rings. The summed E-state index contributed by atoms with van der Waals surface area (Å²) in [5.74, 6) is -0.540. The van der Waals surface area contributed by atoms with E-state index in [2.05, 4.69) is 25.8 Å². The molecule has 4 rings (SSSR count). The number of aromatic nitrogens is 1. The van der Waals surface area contributed by atoms with E-state index in [-0.39, 0.29) is 16.9 Å². The predicted octanol–water partition coefficient (Wildman–Crippen LogP) is 5.68. The van der Waals surface area contributed by atoms with Crippen LogP contribution in [0.25, 0.3) is 22.3 Å². The predicted molar refractivity (Wildman–Crippen MR) is 121 cm³/mol. The SMILES string of the molecule is Cc1ccc2c(=O)c(OC(=O)c3ccncc3)c(-c3ccc(C(C)(C)C)cc3)oc2c1. The molecule has 2 aromatic carbocycles. The molecule has 0 N–H and O–H groups in total. The highest BCUT2D eigenvalue weighted by Gasteiger charge is 2.22. The maximum Gasteiger partial charge on any atom is 0.343 e. The fourth-order valence-corrected chi connectivity index (χ4v) is 3.33. The maximum absolute atomic E-state index is 13.3. The molecule has 0 fully saturated rings. The highest BCUT2D eigenvalue weighted by molar-refractivity contribution is 5.92. The summed E-state index contributed by atoms with van der Waals surface area (Å²) in [6.45, 7) is 8.31. The van der Waals surface area contributed by atoms with Crippen LogP contribution in [0.3, 0.4) is 0 Å². The van der Waals surface area contributed by atoms with Gasteiger partial charge in [0.15, 0.2) is 5.76 Å². The molecule has 156 valence electrons. The first-order chi connectivity index (χ1) is 14.7. The van der Waals surface area contributed by atoms with Gasteiger partial charge in [-0.3, -0.25) is 9.78 Å². The van der Waals surface area contributed by atoms with Crippen LogP contribution < -0.4 is 10.2 Å². The minimum Gasteiger partial charge on any atom is -0.452 e. The second-order valence-corrected chi connectivity index (χ2v) is 8.54. The van der Waals surface area contributed by atoms with Gasteiger partial charge < -0.3 is 9.15 Å². The monoisotopic (exact) mass is 413 g/mol. The molecule has 0 bridgehead atoms. The second-order valence-electron chi connectivity index (χ2n) is 8.54. The van der Waals surface area contributed by atoms with E-state index in [1.165, 1.54) is 24.5 Å². The van der Waals surface area contributed by atoms with Gasteiger partial charge in [-0.25, -0.2) is 4.79 Å². The average molecular weight is 413 g/mol. The number of ether oxygens (including phenoxy) is 1. The van der Waals surface area contributed by atoms with E-state index in [0.717, 1.165) is 11.1 Å². The fraction of sp³-hybridized carbons (Fsp3) is 0.192. The van der Waals surface area contributed by atoms with E-state index in [1.54, 1.807) is 12.1 Å². The molecule has 0 amide bonds.